The summed E-state index contributed by atoms with van der Waals surface area (Å²) in [5, 5.41) is 44.1. The Morgan fingerprint density at radius 3 is 0.524 bits per heavy atom. The highest BCUT2D eigenvalue weighted by molar-refractivity contribution is 5.01. The minimum absolute atomic E-state index is 0.809. The van der Waals surface area contributed by atoms with Gasteiger partial charge in [-0.1, -0.05) is 0 Å². The third-order valence-corrected chi connectivity index (χ3v) is 13.0. The molecule has 0 aliphatic carbocycles. The van der Waals surface area contributed by atoms with Gasteiger partial charge in [0.15, 0.2) is 0 Å². The van der Waals surface area contributed by atoms with Crippen molar-refractivity contribution in [3.05, 3.63) is 0 Å². The molecule has 4 rings (SSSR count). The molecule has 0 radical (unpaired) electrons. The fourth-order valence-electron chi connectivity index (χ4n) is 10.2. The fraction of sp³-hybridized carbons (Fsp3) is 1.00. The highest BCUT2D eigenvalue weighted by Gasteiger charge is 2.79. The number of nitrogens with zero attached hydrogens (tertiary/aromatic N) is 4. The SMILES string of the molecule is OC(COCC(F)(F)C(F)(F)C(F)(F)C(F)F)C[N+]12C[N+]3(CC(O)COCC(F)(F)C(F)(F)C(F)(F)C(F)F)C[N+](CC(O)COCC(F)(F)C(F)(F)C(F)(F)C(F)F)(C1)C[N+](CC(O)COCC(F)(F)C(F)(F)C(F)(F)C(F)F)(C2)C3. The van der Waals surface area contributed by atoms with Crippen molar-refractivity contribution in [2.75, 3.05) is 119 Å². The van der Waals surface area contributed by atoms with Crippen molar-refractivity contribution in [1.82, 2.24) is 0 Å². The molecular formula is C38H48F32N4O8+4. The molecular weight excluding hydrogens is 1250 g/mol. The van der Waals surface area contributed by atoms with E-state index in [4.69, 9.17) is 0 Å². The highest BCUT2D eigenvalue weighted by Crippen LogP contribution is 2.53. The maximum Gasteiger partial charge on any atom is 0.380 e. The lowest BCUT2D eigenvalue weighted by Gasteiger charge is -2.68. The molecule has 82 heavy (non-hydrogen) atoms. The molecule has 488 valence electrons. The molecule has 0 saturated carbocycles. The smallest absolute Gasteiger partial charge is 0.380 e. The Morgan fingerprint density at radius 1 is 0.268 bits per heavy atom. The minimum atomic E-state index is -6.90. The molecule has 4 aliphatic rings. The molecule has 4 aliphatic heterocycles. The van der Waals surface area contributed by atoms with Crippen molar-refractivity contribution in [1.29, 1.82) is 0 Å². The predicted octanol–water partition coefficient (Wildman–Crippen LogP) is 7.23. The zero-order valence-electron chi connectivity index (χ0n) is 40.7. The van der Waals surface area contributed by atoms with E-state index in [1.165, 1.54) is 0 Å². The van der Waals surface area contributed by atoms with Crippen LogP contribution in [0.5, 0.6) is 0 Å². The van der Waals surface area contributed by atoms with Crippen molar-refractivity contribution in [2.45, 2.75) is 121 Å². The van der Waals surface area contributed by atoms with Crippen LogP contribution in [0.4, 0.5) is 140 Å². The van der Waals surface area contributed by atoms with Crippen molar-refractivity contribution >= 4 is 0 Å². The number of alkyl halides is 32. The Labute approximate surface area is 438 Å². The normalized spacial score (nSPS) is 25.8. The third-order valence-electron chi connectivity index (χ3n) is 13.0. The van der Waals surface area contributed by atoms with E-state index < -0.39 is 258 Å². The Hall–Kier alpha value is -2.72. The van der Waals surface area contributed by atoms with Crippen molar-refractivity contribution in [3.63, 3.8) is 0 Å². The second-order valence-corrected chi connectivity index (χ2v) is 20.4. The van der Waals surface area contributed by atoms with Crippen LogP contribution in [0, 0.1) is 0 Å². The molecule has 4 N–H and O–H groups in total. The van der Waals surface area contributed by atoms with Gasteiger partial charge in [0.05, 0.1) is 26.4 Å². The van der Waals surface area contributed by atoms with Gasteiger partial charge in [0.25, 0.3) is 0 Å². The molecule has 12 nitrogen and oxygen atoms in total. The van der Waals surface area contributed by atoms with E-state index in [1.54, 1.807) is 0 Å². The number of rotatable bonds is 36. The van der Waals surface area contributed by atoms with Crippen LogP contribution in [-0.4, -0.2) is 279 Å². The third kappa shape index (κ3) is 14.3. The van der Waals surface area contributed by atoms with Gasteiger partial charge in [-0.15, -0.1) is 0 Å². The summed E-state index contributed by atoms with van der Waals surface area (Å²) in [5.41, 5.74) is 0. The van der Waals surface area contributed by atoms with E-state index in [9.17, 15) is 161 Å². The lowest BCUT2D eigenvalue weighted by Crippen LogP contribution is -2.96. The lowest BCUT2D eigenvalue weighted by atomic mass is 10.1. The van der Waals surface area contributed by atoms with E-state index >= 15 is 0 Å². The maximum atomic E-state index is 14.3. The first-order chi connectivity index (χ1) is 36.4. The maximum absolute atomic E-state index is 14.3. The van der Waals surface area contributed by atoms with E-state index in [0.29, 0.717) is 0 Å². The Bertz CT molecular complexity index is 1780. The van der Waals surface area contributed by atoms with Crippen LogP contribution < -0.4 is 0 Å². The Balaban J connectivity index is 2.12. The molecule has 0 amide bonds. The number of hydrogen-bond acceptors (Lipinski definition) is 8. The molecule has 0 aromatic carbocycles. The zero-order chi connectivity index (χ0) is 64.2. The number of hydrogen-bond donors (Lipinski definition) is 4. The summed E-state index contributed by atoms with van der Waals surface area (Å²) in [5.74, 6) is -79.5. The number of quaternary nitrogens is 4. The summed E-state index contributed by atoms with van der Waals surface area (Å²) in [6.45, 7) is -28.1. The van der Waals surface area contributed by atoms with Gasteiger partial charge < -0.3 is 39.4 Å². The predicted molar refractivity (Wildman–Crippen MR) is 200 cm³/mol. The van der Waals surface area contributed by atoms with Crippen LogP contribution in [0.15, 0.2) is 0 Å². The standard InChI is InChI=1S/C38H48F32N4O8/c39-23(40)31(55,56)35(63,64)27(47,48)9-79-5-19(75)1-71-13-72(2-20(76)6-80-10-28(49,50)36(65,66)32(57,58)24(41)42)16-73(14-71,3-21(77)7-81-11-29(51,52)37(67,68)33(59,60)25(43)44)18-74(15-71,17-72)4-22(78)8-82-12-30(53,54)38(69,70)34(61,62)26(45)46/h19-26,75-78H,1-18H2/q+4. The number of aliphatic hydroxyl groups is 4. The van der Waals surface area contributed by atoms with Gasteiger partial charge in [-0.25, -0.2) is 35.1 Å². The van der Waals surface area contributed by atoms with Crippen LogP contribution >= 0.6 is 0 Å². The molecule has 4 saturated heterocycles. The van der Waals surface area contributed by atoms with Gasteiger partial charge in [-0.3, -0.25) is 0 Å². The summed E-state index contributed by atoms with van der Waals surface area (Å²) in [6, 6.07) is 0. The lowest BCUT2D eigenvalue weighted by molar-refractivity contribution is -1.43. The average molecular weight is 1300 g/mol. The molecule has 4 atom stereocenters. The first kappa shape index (κ1) is 73.5. The molecule has 0 aromatic rings. The molecule has 4 bridgehead atoms. The molecule has 0 spiro atoms. The summed E-state index contributed by atoms with van der Waals surface area (Å²) >= 11 is 0. The van der Waals surface area contributed by atoms with Crippen molar-refractivity contribution in [3.8, 4) is 0 Å². The van der Waals surface area contributed by atoms with Gasteiger partial charge in [-0.2, -0.15) is 123 Å². The fourth-order valence-corrected chi connectivity index (χ4v) is 10.2. The minimum Gasteiger partial charge on any atom is -0.385 e. The van der Waals surface area contributed by atoms with Crippen LogP contribution in [0.1, 0.15) is 0 Å². The molecule has 4 heterocycles. The molecule has 4 unspecified atom stereocenters. The summed E-state index contributed by atoms with van der Waals surface area (Å²) < 4.78 is 448. The van der Waals surface area contributed by atoms with Crippen LogP contribution in [0.25, 0.3) is 0 Å². The van der Waals surface area contributed by atoms with Crippen LogP contribution in [0.2, 0.25) is 0 Å². The molecule has 4 fully saturated rings. The van der Waals surface area contributed by atoms with E-state index in [0.717, 1.165) is 0 Å². The first-order valence-corrected chi connectivity index (χ1v) is 22.5. The second-order valence-electron chi connectivity index (χ2n) is 20.4. The second kappa shape index (κ2) is 24.1. The van der Waals surface area contributed by atoms with Gasteiger partial charge in [0.1, 0.15) is 77.0 Å². The quantitative estimate of drug-likeness (QED) is 0.0384. The number of ether oxygens (including phenoxy) is 4. The number of halogens is 32. The van der Waals surface area contributed by atoms with Gasteiger partial charge in [0.2, 0.25) is 40.0 Å². The van der Waals surface area contributed by atoms with Crippen LogP contribution in [0.3, 0.4) is 0 Å². The number of aliphatic hydroxyl groups excluding tert-OH is 4. The zero-order valence-corrected chi connectivity index (χ0v) is 40.7. The largest absolute Gasteiger partial charge is 0.385 e. The Kier molecular flexibility index (Phi) is 21.6. The van der Waals surface area contributed by atoms with Gasteiger partial charge >= 0.3 is 96.8 Å². The summed E-state index contributed by atoms with van der Waals surface area (Å²) in [4.78, 5) is 0. The van der Waals surface area contributed by atoms with E-state index in [2.05, 4.69) is 18.9 Å². The highest BCUT2D eigenvalue weighted by atomic mass is 19.4. The molecule has 0 aromatic heterocycles. The first-order valence-electron chi connectivity index (χ1n) is 22.5. The average Bonchev–Trinajstić information content (AvgIpc) is 3.26. The van der Waals surface area contributed by atoms with Crippen LogP contribution in [-0.2, 0) is 18.9 Å². The Morgan fingerprint density at radius 2 is 0.402 bits per heavy atom. The van der Waals surface area contributed by atoms with E-state index in [1.807, 2.05) is 0 Å². The summed E-state index contributed by atoms with van der Waals surface area (Å²) in [7, 11) is 0. The summed E-state index contributed by atoms with van der Waals surface area (Å²) in [6.07, 6.45) is -31.6. The van der Waals surface area contributed by atoms with Gasteiger partial charge in [0, 0.05) is 0 Å². The van der Waals surface area contributed by atoms with Gasteiger partial charge in [-0.05, 0) is 0 Å². The monoisotopic (exact) mass is 1300 g/mol. The van der Waals surface area contributed by atoms with E-state index in [-0.39, 0.29) is 0 Å². The van der Waals surface area contributed by atoms with Crippen molar-refractivity contribution in [2.24, 2.45) is 0 Å². The van der Waals surface area contributed by atoms with Crippen molar-refractivity contribution < 1.29 is 198 Å². The topological polar surface area (TPSA) is 118 Å². The molecule has 44 heteroatoms.